The third kappa shape index (κ3) is 3.83. The van der Waals surface area contributed by atoms with Gasteiger partial charge >= 0.3 is 5.97 Å². The minimum atomic E-state index is -0.908. The average Bonchev–Trinajstić information content (AvgIpc) is 3.39. The first-order valence-electron chi connectivity index (χ1n) is 11.1. The van der Waals surface area contributed by atoms with Crippen LogP contribution < -0.4 is 11.1 Å². The molecule has 2 aliphatic carbocycles. The van der Waals surface area contributed by atoms with E-state index in [1.807, 2.05) is 31.2 Å². The van der Waals surface area contributed by atoms with E-state index in [2.05, 4.69) is 26.1 Å². The summed E-state index contributed by atoms with van der Waals surface area (Å²) in [4.78, 5) is 38.3. The van der Waals surface area contributed by atoms with Crippen molar-refractivity contribution < 1.29 is 19.5 Å². The first-order chi connectivity index (χ1) is 15.0. The van der Waals surface area contributed by atoms with E-state index in [9.17, 15) is 19.5 Å². The van der Waals surface area contributed by atoms with Crippen LogP contribution in [-0.4, -0.2) is 22.9 Å². The number of aryl methyl sites for hydroxylation is 1. The highest BCUT2D eigenvalue weighted by Gasteiger charge is 2.54. The Balaban J connectivity index is 1.67. The van der Waals surface area contributed by atoms with E-state index in [0.717, 1.165) is 35.3 Å². The van der Waals surface area contributed by atoms with Gasteiger partial charge in [0.2, 0.25) is 5.91 Å². The van der Waals surface area contributed by atoms with Crippen molar-refractivity contribution in [3.63, 3.8) is 0 Å². The number of thiophene rings is 1. The van der Waals surface area contributed by atoms with E-state index >= 15 is 0 Å². The third-order valence-corrected chi connectivity index (χ3v) is 8.13. The molecule has 4 rings (SSSR count). The summed E-state index contributed by atoms with van der Waals surface area (Å²) in [5.74, 6) is -2.91. The highest BCUT2D eigenvalue weighted by Crippen LogP contribution is 2.53. The van der Waals surface area contributed by atoms with Crippen molar-refractivity contribution in [3.8, 4) is 11.1 Å². The second-order valence-electron chi connectivity index (χ2n) is 10.1. The van der Waals surface area contributed by atoms with Crippen molar-refractivity contribution in [2.24, 2.45) is 29.4 Å². The van der Waals surface area contributed by atoms with Gasteiger partial charge in [-0.15, -0.1) is 11.3 Å². The smallest absolute Gasteiger partial charge is 0.307 e. The van der Waals surface area contributed by atoms with E-state index in [4.69, 9.17) is 5.73 Å². The molecule has 4 N–H and O–H groups in total. The van der Waals surface area contributed by atoms with Crippen molar-refractivity contribution in [1.82, 2.24) is 0 Å². The lowest BCUT2D eigenvalue weighted by Crippen LogP contribution is -2.38. The molecule has 2 saturated carbocycles. The predicted octanol–water partition coefficient (Wildman–Crippen LogP) is 4.81. The summed E-state index contributed by atoms with van der Waals surface area (Å²) >= 11 is 1.31. The van der Waals surface area contributed by atoms with Gasteiger partial charge in [-0.25, -0.2) is 0 Å². The molecular formula is C25H30N2O4S. The zero-order valence-corrected chi connectivity index (χ0v) is 19.7. The van der Waals surface area contributed by atoms with Crippen LogP contribution in [0.3, 0.4) is 0 Å². The maximum absolute atomic E-state index is 13.2. The van der Waals surface area contributed by atoms with Crippen LogP contribution in [0.1, 0.15) is 60.8 Å². The Hall–Kier alpha value is -2.67. The van der Waals surface area contributed by atoms with Crippen molar-refractivity contribution in [3.05, 3.63) is 40.3 Å². The second-order valence-corrected chi connectivity index (χ2v) is 11.4. The van der Waals surface area contributed by atoms with Crippen LogP contribution in [0.15, 0.2) is 24.3 Å². The fourth-order valence-electron chi connectivity index (χ4n) is 5.57. The van der Waals surface area contributed by atoms with Gasteiger partial charge in [-0.2, -0.15) is 0 Å². The van der Waals surface area contributed by atoms with Gasteiger partial charge < -0.3 is 16.2 Å². The summed E-state index contributed by atoms with van der Waals surface area (Å²) in [5, 5.41) is 13.0. The molecule has 0 saturated heterocycles. The Labute approximate surface area is 192 Å². The number of aliphatic carboxylic acids is 1. The zero-order chi connectivity index (χ0) is 23.4. The van der Waals surface area contributed by atoms with Crippen molar-refractivity contribution in [2.45, 2.75) is 52.4 Å². The fourth-order valence-corrected chi connectivity index (χ4v) is 6.66. The molecule has 6 nitrogen and oxygen atoms in total. The van der Waals surface area contributed by atoms with Gasteiger partial charge in [0.1, 0.15) is 5.00 Å². The second kappa shape index (κ2) is 8.03. The van der Waals surface area contributed by atoms with Gasteiger partial charge in [0.15, 0.2) is 0 Å². The van der Waals surface area contributed by atoms with Crippen LogP contribution in [0, 0.1) is 30.6 Å². The lowest BCUT2D eigenvalue weighted by Gasteiger charge is -2.26. The number of fused-ring (bicyclic) bond motifs is 2. The molecular weight excluding hydrogens is 424 g/mol. The first-order valence-corrected chi connectivity index (χ1v) is 11.9. The molecule has 1 aromatic carbocycles. The predicted molar refractivity (Wildman–Crippen MR) is 126 cm³/mol. The number of carboxylic acid groups (broad SMARTS) is 1. The van der Waals surface area contributed by atoms with Crippen LogP contribution >= 0.6 is 11.3 Å². The SMILES string of the molecule is Cc1sc(NC(=O)[C@@H]2[C@H]3CC[C@@H](C3)[C@H]2C(=O)O)c(C(N)=O)c1-c1ccc(C(C)(C)C)cc1. The molecule has 32 heavy (non-hydrogen) atoms. The fraction of sp³-hybridized carbons (Fsp3) is 0.480. The van der Waals surface area contributed by atoms with E-state index in [0.29, 0.717) is 10.6 Å². The summed E-state index contributed by atoms with van der Waals surface area (Å²) in [5.41, 5.74) is 8.82. The lowest BCUT2D eigenvalue weighted by molar-refractivity contribution is -0.148. The quantitative estimate of drug-likeness (QED) is 0.602. The summed E-state index contributed by atoms with van der Waals surface area (Å²) in [6.45, 7) is 8.32. The van der Waals surface area contributed by atoms with Gasteiger partial charge in [-0.1, -0.05) is 45.0 Å². The highest BCUT2D eigenvalue weighted by molar-refractivity contribution is 7.17. The number of hydrogen-bond donors (Lipinski definition) is 3. The molecule has 2 bridgehead atoms. The third-order valence-electron chi connectivity index (χ3n) is 7.11. The number of carbonyl (C=O) groups excluding carboxylic acids is 2. The number of nitrogens with two attached hydrogens (primary N) is 1. The standard InChI is InChI=1S/C25H30N2O4S/c1-12-17(13-7-9-16(10-8-13)25(2,3)4)20(21(26)28)23(32-12)27-22(29)18-14-5-6-15(11-14)19(18)24(30)31/h7-10,14-15,18-19H,5-6,11H2,1-4H3,(H2,26,28)(H,27,29)(H,30,31)/t14-,15-,18+,19+/m0/s1. The van der Waals surface area contributed by atoms with E-state index < -0.39 is 23.7 Å². The number of amides is 2. The number of anilines is 1. The van der Waals surface area contributed by atoms with Crippen molar-refractivity contribution in [1.29, 1.82) is 0 Å². The molecule has 2 fully saturated rings. The normalized spacial score (nSPS) is 24.5. The number of primary amides is 1. The minimum absolute atomic E-state index is 0.00915. The largest absolute Gasteiger partial charge is 0.481 e. The summed E-state index contributed by atoms with van der Waals surface area (Å²) in [6.07, 6.45) is 2.53. The molecule has 0 aliphatic heterocycles. The first kappa shape index (κ1) is 22.5. The number of rotatable bonds is 5. The van der Waals surface area contributed by atoms with Gasteiger partial charge in [0, 0.05) is 10.4 Å². The number of benzene rings is 1. The van der Waals surface area contributed by atoms with Crippen LogP contribution in [-0.2, 0) is 15.0 Å². The molecule has 0 unspecified atom stereocenters. The molecule has 2 aromatic rings. The summed E-state index contributed by atoms with van der Waals surface area (Å²) in [6, 6.07) is 8.04. The number of carboxylic acids is 1. The molecule has 0 radical (unpaired) electrons. The minimum Gasteiger partial charge on any atom is -0.481 e. The van der Waals surface area contributed by atoms with Crippen LogP contribution in [0.5, 0.6) is 0 Å². The maximum atomic E-state index is 13.2. The molecule has 1 aromatic heterocycles. The maximum Gasteiger partial charge on any atom is 0.307 e. The lowest BCUT2D eigenvalue weighted by atomic mass is 9.78. The van der Waals surface area contributed by atoms with Crippen molar-refractivity contribution in [2.75, 3.05) is 5.32 Å². The van der Waals surface area contributed by atoms with E-state index in [1.165, 1.54) is 16.9 Å². The molecule has 2 aliphatic rings. The molecule has 2 amide bonds. The van der Waals surface area contributed by atoms with Crippen LogP contribution in [0.2, 0.25) is 0 Å². The Morgan fingerprint density at radius 2 is 1.66 bits per heavy atom. The monoisotopic (exact) mass is 454 g/mol. The number of carbonyl (C=O) groups is 3. The highest BCUT2D eigenvalue weighted by atomic mass is 32.1. The number of nitrogens with one attached hydrogen (secondary N) is 1. The summed E-state index contributed by atoms with van der Waals surface area (Å²) in [7, 11) is 0. The molecule has 1 heterocycles. The Kier molecular flexibility index (Phi) is 5.65. The molecule has 0 spiro atoms. The van der Waals surface area contributed by atoms with Crippen molar-refractivity contribution >= 4 is 34.1 Å². The average molecular weight is 455 g/mol. The topological polar surface area (TPSA) is 109 Å². The Bertz CT molecular complexity index is 1080. The van der Waals surface area contributed by atoms with E-state index in [-0.39, 0.29) is 23.2 Å². The molecule has 7 heteroatoms. The molecule has 4 atom stereocenters. The van der Waals surface area contributed by atoms with E-state index in [1.54, 1.807) is 0 Å². The van der Waals surface area contributed by atoms with Crippen LogP contribution in [0.4, 0.5) is 5.00 Å². The van der Waals surface area contributed by atoms with Gasteiger partial charge in [0.25, 0.3) is 5.91 Å². The molecule has 170 valence electrons. The van der Waals surface area contributed by atoms with Gasteiger partial charge in [-0.3, -0.25) is 14.4 Å². The van der Waals surface area contributed by atoms with Gasteiger partial charge in [0.05, 0.1) is 17.4 Å². The number of hydrogen-bond acceptors (Lipinski definition) is 4. The summed E-state index contributed by atoms with van der Waals surface area (Å²) < 4.78 is 0. The Morgan fingerprint density at radius 1 is 1.06 bits per heavy atom. The zero-order valence-electron chi connectivity index (χ0n) is 18.9. The Morgan fingerprint density at radius 3 is 2.19 bits per heavy atom. The van der Waals surface area contributed by atoms with Crippen LogP contribution in [0.25, 0.3) is 11.1 Å². The van der Waals surface area contributed by atoms with Gasteiger partial charge in [-0.05, 0) is 54.6 Å².